The van der Waals surface area contributed by atoms with Crippen LogP contribution in [0.15, 0.2) is 54.6 Å². The Morgan fingerprint density at radius 2 is 1.77 bits per heavy atom. The van der Waals surface area contributed by atoms with Gasteiger partial charge in [0.05, 0.1) is 5.69 Å². The SMILES string of the molecule is CCNC(=O)Oc1ccc(-c2cc3ccccc3c(N3CCN(CC)CC3)n2)cc1. The third kappa shape index (κ3) is 4.39. The number of ether oxygens (including phenoxy) is 1. The minimum Gasteiger partial charge on any atom is -0.410 e. The van der Waals surface area contributed by atoms with Gasteiger partial charge in [0.2, 0.25) is 0 Å². The second-order valence-electron chi connectivity index (χ2n) is 7.42. The molecule has 1 aromatic heterocycles. The van der Waals surface area contributed by atoms with Crippen molar-refractivity contribution in [2.45, 2.75) is 13.8 Å². The molecule has 2 heterocycles. The smallest absolute Gasteiger partial charge is 0.410 e. The summed E-state index contributed by atoms with van der Waals surface area (Å²) in [4.78, 5) is 21.5. The molecule has 0 atom stereocenters. The fourth-order valence-corrected chi connectivity index (χ4v) is 3.83. The molecule has 1 aliphatic heterocycles. The standard InChI is InChI=1S/C24H28N4O2/c1-3-25-24(29)30-20-11-9-18(10-12-20)22-17-19-7-5-6-8-21(19)23(26-22)28-15-13-27(4-2)14-16-28/h5-12,17H,3-4,13-16H2,1-2H3,(H,25,29). The van der Waals surface area contributed by atoms with Gasteiger partial charge in [-0.2, -0.15) is 0 Å². The number of fused-ring (bicyclic) bond motifs is 1. The van der Waals surface area contributed by atoms with Crippen LogP contribution in [-0.4, -0.2) is 55.2 Å². The molecular weight excluding hydrogens is 376 g/mol. The van der Waals surface area contributed by atoms with Crippen LogP contribution in [0.4, 0.5) is 10.6 Å². The maximum atomic E-state index is 11.6. The summed E-state index contributed by atoms with van der Waals surface area (Å²) in [5.74, 6) is 1.56. The molecule has 0 saturated carbocycles. The van der Waals surface area contributed by atoms with E-state index in [1.807, 2.05) is 19.1 Å². The van der Waals surface area contributed by atoms with Gasteiger partial charge in [0.1, 0.15) is 11.6 Å². The number of pyridine rings is 1. The molecule has 2 aromatic carbocycles. The van der Waals surface area contributed by atoms with Crippen molar-refractivity contribution in [3.05, 3.63) is 54.6 Å². The van der Waals surface area contributed by atoms with Crippen molar-refractivity contribution in [2.75, 3.05) is 44.2 Å². The number of amides is 1. The molecule has 0 unspecified atom stereocenters. The Kier molecular flexibility index (Phi) is 6.14. The van der Waals surface area contributed by atoms with Crippen LogP contribution in [0.1, 0.15) is 13.8 Å². The summed E-state index contributed by atoms with van der Waals surface area (Å²) >= 11 is 0. The van der Waals surface area contributed by atoms with E-state index < -0.39 is 6.09 Å². The molecular formula is C24H28N4O2. The summed E-state index contributed by atoms with van der Waals surface area (Å²) in [6, 6.07) is 18.1. The van der Waals surface area contributed by atoms with Crippen LogP contribution in [0.5, 0.6) is 5.75 Å². The van der Waals surface area contributed by atoms with E-state index in [4.69, 9.17) is 9.72 Å². The second-order valence-corrected chi connectivity index (χ2v) is 7.42. The first kappa shape index (κ1) is 20.2. The zero-order valence-electron chi connectivity index (χ0n) is 17.6. The molecule has 0 aliphatic carbocycles. The van der Waals surface area contributed by atoms with Crippen molar-refractivity contribution in [2.24, 2.45) is 0 Å². The Morgan fingerprint density at radius 1 is 1.03 bits per heavy atom. The molecule has 1 N–H and O–H groups in total. The van der Waals surface area contributed by atoms with Gasteiger partial charge in [0, 0.05) is 43.7 Å². The van der Waals surface area contributed by atoms with Crippen LogP contribution in [0.25, 0.3) is 22.0 Å². The number of carbonyl (C=O) groups is 1. The molecule has 30 heavy (non-hydrogen) atoms. The first-order valence-corrected chi connectivity index (χ1v) is 10.6. The fourth-order valence-electron chi connectivity index (χ4n) is 3.83. The van der Waals surface area contributed by atoms with Crippen molar-refractivity contribution in [1.29, 1.82) is 0 Å². The Balaban J connectivity index is 1.64. The van der Waals surface area contributed by atoms with Gasteiger partial charge >= 0.3 is 6.09 Å². The Labute approximate surface area is 177 Å². The zero-order chi connectivity index (χ0) is 20.9. The van der Waals surface area contributed by atoms with E-state index in [1.165, 1.54) is 10.8 Å². The number of nitrogens with zero attached hydrogens (tertiary/aromatic N) is 3. The van der Waals surface area contributed by atoms with E-state index in [1.54, 1.807) is 12.1 Å². The number of aromatic nitrogens is 1. The predicted molar refractivity (Wildman–Crippen MR) is 121 cm³/mol. The average molecular weight is 405 g/mol. The van der Waals surface area contributed by atoms with Crippen LogP contribution in [0.3, 0.4) is 0 Å². The van der Waals surface area contributed by atoms with E-state index in [9.17, 15) is 4.79 Å². The van der Waals surface area contributed by atoms with Crippen LogP contribution >= 0.6 is 0 Å². The molecule has 3 aromatic rings. The number of benzene rings is 2. The number of carbonyl (C=O) groups excluding carboxylic acids is 1. The molecule has 1 fully saturated rings. The van der Waals surface area contributed by atoms with Crippen molar-refractivity contribution >= 4 is 22.7 Å². The lowest BCUT2D eigenvalue weighted by atomic mass is 10.1. The van der Waals surface area contributed by atoms with E-state index >= 15 is 0 Å². The number of rotatable bonds is 5. The Bertz CT molecular complexity index is 1010. The molecule has 0 radical (unpaired) electrons. The molecule has 1 saturated heterocycles. The number of hydrogen-bond acceptors (Lipinski definition) is 5. The maximum Gasteiger partial charge on any atom is 0.412 e. The number of hydrogen-bond donors (Lipinski definition) is 1. The van der Waals surface area contributed by atoms with Crippen molar-refractivity contribution < 1.29 is 9.53 Å². The molecule has 4 rings (SSSR count). The largest absolute Gasteiger partial charge is 0.412 e. The summed E-state index contributed by atoms with van der Waals surface area (Å²) in [5.41, 5.74) is 1.92. The van der Waals surface area contributed by atoms with Gasteiger partial charge < -0.3 is 19.9 Å². The molecule has 0 spiro atoms. The number of nitrogens with one attached hydrogen (secondary N) is 1. The lowest BCUT2D eigenvalue weighted by Gasteiger charge is -2.35. The van der Waals surface area contributed by atoms with E-state index in [0.717, 1.165) is 49.8 Å². The van der Waals surface area contributed by atoms with Crippen molar-refractivity contribution in [3.8, 4) is 17.0 Å². The monoisotopic (exact) mass is 404 g/mol. The zero-order valence-corrected chi connectivity index (χ0v) is 17.6. The van der Waals surface area contributed by atoms with Gasteiger partial charge in [-0.1, -0.05) is 31.2 Å². The predicted octanol–water partition coefficient (Wildman–Crippen LogP) is 4.15. The average Bonchev–Trinajstić information content (AvgIpc) is 2.79. The highest BCUT2D eigenvalue weighted by Crippen LogP contribution is 2.31. The van der Waals surface area contributed by atoms with E-state index in [2.05, 4.69) is 52.4 Å². The molecule has 6 heteroatoms. The van der Waals surface area contributed by atoms with Gasteiger partial charge in [-0.3, -0.25) is 0 Å². The van der Waals surface area contributed by atoms with Crippen LogP contribution in [-0.2, 0) is 0 Å². The molecule has 1 amide bonds. The number of anilines is 1. The van der Waals surface area contributed by atoms with Gasteiger partial charge in [0.15, 0.2) is 0 Å². The van der Waals surface area contributed by atoms with Gasteiger partial charge in [-0.25, -0.2) is 9.78 Å². The number of piperazine rings is 1. The summed E-state index contributed by atoms with van der Waals surface area (Å²) in [6.07, 6.45) is -0.442. The summed E-state index contributed by atoms with van der Waals surface area (Å²) < 4.78 is 5.27. The molecule has 0 bridgehead atoms. The Hall–Kier alpha value is -3.12. The first-order chi connectivity index (χ1) is 14.7. The highest BCUT2D eigenvalue weighted by atomic mass is 16.5. The maximum absolute atomic E-state index is 11.6. The van der Waals surface area contributed by atoms with E-state index in [0.29, 0.717) is 12.3 Å². The van der Waals surface area contributed by atoms with Crippen molar-refractivity contribution in [3.63, 3.8) is 0 Å². The molecule has 1 aliphatic rings. The van der Waals surface area contributed by atoms with Crippen molar-refractivity contribution in [1.82, 2.24) is 15.2 Å². The normalized spacial score (nSPS) is 14.7. The van der Waals surface area contributed by atoms with Crippen LogP contribution < -0.4 is 15.0 Å². The first-order valence-electron chi connectivity index (χ1n) is 10.6. The van der Waals surface area contributed by atoms with E-state index in [-0.39, 0.29) is 0 Å². The third-order valence-electron chi connectivity index (χ3n) is 5.52. The highest BCUT2D eigenvalue weighted by Gasteiger charge is 2.19. The van der Waals surface area contributed by atoms with Crippen LogP contribution in [0.2, 0.25) is 0 Å². The summed E-state index contributed by atoms with van der Waals surface area (Å²) in [7, 11) is 0. The number of likely N-dealkylation sites (N-methyl/N-ethyl adjacent to an activating group) is 1. The molecule has 6 nitrogen and oxygen atoms in total. The lowest BCUT2D eigenvalue weighted by Crippen LogP contribution is -2.46. The highest BCUT2D eigenvalue weighted by molar-refractivity contribution is 5.95. The quantitative estimate of drug-likeness (QED) is 0.692. The van der Waals surface area contributed by atoms with Gasteiger partial charge in [-0.05, 0) is 49.2 Å². The topological polar surface area (TPSA) is 57.7 Å². The molecule has 156 valence electrons. The minimum atomic E-state index is -0.442. The van der Waals surface area contributed by atoms with Gasteiger partial charge in [0.25, 0.3) is 0 Å². The Morgan fingerprint density at radius 3 is 2.47 bits per heavy atom. The third-order valence-corrected chi connectivity index (χ3v) is 5.52. The van der Waals surface area contributed by atoms with Gasteiger partial charge in [-0.15, -0.1) is 0 Å². The summed E-state index contributed by atoms with van der Waals surface area (Å²) in [5, 5.41) is 4.99. The second kappa shape index (κ2) is 9.13. The minimum absolute atomic E-state index is 0.442. The summed E-state index contributed by atoms with van der Waals surface area (Å²) in [6.45, 7) is 9.77. The lowest BCUT2D eigenvalue weighted by molar-refractivity contribution is 0.201. The van der Waals surface area contributed by atoms with Crippen LogP contribution in [0, 0.1) is 0 Å². The fraction of sp³-hybridized carbons (Fsp3) is 0.333.